The van der Waals surface area contributed by atoms with Crippen molar-refractivity contribution in [2.45, 2.75) is 19.4 Å². The van der Waals surface area contributed by atoms with E-state index in [1.54, 1.807) is 0 Å². The number of rotatable bonds is 4. The van der Waals surface area contributed by atoms with Crippen LogP contribution in [0.2, 0.25) is 0 Å². The summed E-state index contributed by atoms with van der Waals surface area (Å²) in [6, 6.07) is 10.4. The highest BCUT2D eigenvalue weighted by molar-refractivity contribution is 5.80. The first-order valence-electron chi connectivity index (χ1n) is 10.1. The van der Waals surface area contributed by atoms with Gasteiger partial charge in [-0.15, -0.1) is 0 Å². The third-order valence-electron chi connectivity index (χ3n) is 5.45. The Hall–Kier alpha value is -2.83. The summed E-state index contributed by atoms with van der Waals surface area (Å²) in [4.78, 5) is 20.6. The molecule has 0 bridgehead atoms. The molecule has 2 fully saturated rings. The average molecular weight is 380 g/mol. The molecule has 0 aromatic carbocycles. The van der Waals surface area contributed by atoms with Crippen molar-refractivity contribution in [3.05, 3.63) is 48.3 Å². The summed E-state index contributed by atoms with van der Waals surface area (Å²) in [5.74, 6) is 3.09. The molecular weight excluding hydrogens is 350 g/mol. The van der Waals surface area contributed by atoms with Crippen LogP contribution in [0.5, 0.6) is 0 Å². The molecule has 0 atom stereocenters. The summed E-state index contributed by atoms with van der Waals surface area (Å²) in [6.45, 7) is 6.75. The lowest BCUT2D eigenvalue weighted by Gasteiger charge is -2.37. The second kappa shape index (κ2) is 8.91. The first kappa shape index (κ1) is 18.5. The fourth-order valence-corrected chi connectivity index (χ4v) is 3.86. The number of hydrogen-bond donors (Lipinski definition) is 1. The number of nitrogens with zero attached hydrogens (tertiary/aromatic N) is 6. The van der Waals surface area contributed by atoms with Crippen molar-refractivity contribution in [2.75, 3.05) is 56.1 Å². The minimum absolute atomic E-state index is 0.737. The SMILES string of the molecule is CN=C(NCc1ccc(N2CCCC2)nc1)N1CCN(c2ccccn2)CC1. The van der Waals surface area contributed by atoms with E-state index < -0.39 is 0 Å². The van der Waals surface area contributed by atoms with Crippen LogP contribution in [0.15, 0.2) is 47.7 Å². The van der Waals surface area contributed by atoms with Gasteiger partial charge >= 0.3 is 0 Å². The molecular formula is C21H29N7. The van der Waals surface area contributed by atoms with Crippen LogP contribution >= 0.6 is 0 Å². The molecule has 4 heterocycles. The van der Waals surface area contributed by atoms with E-state index >= 15 is 0 Å². The molecule has 0 amide bonds. The standard InChI is InChI=1S/C21H29N7/c1-22-21(28-14-12-27(13-15-28)19-6-2-3-9-23-19)25-17-18-7-8-20(24-16-18)26-10-4-5-11-26/h2-3,6-9,16H,4-5,10-15,17H2,1H3,(H,22,25). The lowest BCUT2D eigenvalue weighted by Crippen LogP contribution is -2.52. The van der Waals surface area contributed by atoms with Crippen molar-refractivity contribution in [3.8, 4) is 0 Å². The molecule has 2 aliphatic heterocycles. The number of aliphatic imine (C=N–C) groups is 1. The van der Waals surface area contributed by atoms with Gasteiger partial charge in [0.25, 0.3) is 0 Å². The van der Waals surface area contributed by atoms with Gasteiger partial charge in [-0.25, -0.2) is 9.97 Å². The summed E-state index contributed by atoms with van der Waals surface area (Å²) < 4.78 is 0. The van der Waals surface area contributed by atoms with Gasteiger partial charge in [0.2, 0.25) is 0 Å². The Kier molecular flexibility index (Phi) is 5.89. The van der Waals surface area contributed by atoms with Gasteiger partial charge in [-0.05, 0) is 36.6 Å². The first-order chi connectivity index (χ1) is 13.8. The Morgan fingerprint density at radius 3 is 2.32 bits per heavy atom. The van der Waals surface area contributed by atoms with Crippen LogP contribution in [-0.2, 0) is 6.54 Å². The monoisotopic (exact) mass is 379 g/mol. The Morgan fingerprint density at radius 2 is 1.68 bits per heavy atom. The highest BCUT2D eigenvalue weighted by Crippen LogP contribution is 2.17. The second-order valence-electron chi connectivity index (χ2n) is 7.28. The lowest BCUT2D eigenvalue weighted by molar-refractivity contribution is 0.371. The van der Waals surface area contributed by atoms with E-state index in [1.807, 2.05) is 31.6 Å². The van der Waals surface area contributed by atoms with Crippen molar-refractivity contribution < 1.29 is 0 Å². The summed E-state index contributed by atoms with van der Waals surface area (Å²) in [5.41, 5.74) is 1.18. The van der Waals surface area contributed by atoms with Gasteiger partial charge in [0, 0.05) is 65.3 Å². The van der Waals surface area contributed by atoms with E-state index in [0.29, 0.717) is 0 Å². The minimum atomic E-state index is 0.737. The summed E-state index contributed by atoms with van der Waals surface area (Å²) in [7, 11) is 1.85. The van der Waals surface area contributed by atoms with Gasteiger partial charge in [0.1, 0.15) is 11.6 Å². The molecule has 2 aromatic rings. The topological polar surface area (TPSA) is 59.9 Å². The van der Waals surface area contributed by atoms with E-state index in [1.165, 1.54) is 18.4 Å². The van der Waals surface area contributed by atoms with Gasteiger partial charge in [0.15, 0.2) is 5.96 Å². The van der Waals surface area contributed by atoms with Crippen molar-refractivity contribution >= 4 is 17.6 Å². The van der Waals surface area contributed by atoms with E-state index in [9.17, 15) is 0 Å². The van der Waals surface area contributed by atoms with Crippen LogP contribution < -0.4 is 15.1 Å². The molecule has 1 N–H and O–H groups in total. The zero-order valence-corrected chi connectivity index (χ0v) is 16.6. The van der Waals surface area contributed by atoms with Crippen molar-refractivity contribution in [3.63, 3.8) is 0 Å². The first-order valence-corrected chi connectivity index (χ1v) is 10.1. The second-order valence-corrected chi connectivity index (χ2v) is 7.28. The number of hydrogen-bond acceptors (Lipinski definition) is 5. The molecule has 0 saturated carbocycles. The summed E-state index contributed by atoms with van der Waals surface area (Å²) >= 11 is 0. The third-order valence-corrected chi connectivity index (χ3v) is 5.45. The number of guanidine groups is 1. The Balaban J connectivity index is 1.28. The van der Waals surface area contributed by atoms with Gasteiger partial charge in [-0.3, -0.25) is 4.99 Å². The third kappa shape index (κ3) is 4.35. The van der Waals surface area contributed by atoms with Crippen molar-refractivity contribution in [1.29, 1.82) is 0 Å². The number of anilines is 2. The lowest BCUT2D eigenvalue weighted by atomic mass is 10.2. The molecule has 0 radical (unpaired) electrons. The van der Waals surface area contributed by atoms with Crippen LogP contribution in [0.3, 0.4) is 0 Å². The molecule has 2 aliphatic rings. The Bertz CT molecular complexity index is 761. The van der Waals surface area contributed by atoms with Crippen LogP contribution in [-0.4, -0.2) is 67.1 Å². The Morgan fingerprint density at radius 1 is 0.929 bits per heavy atom. The zero-order chi connectivity index (χ0) is 19.2. The van der Waals surface area contributed by atoms with Crippen LogP contribution in [0.1, 0.15) is 18.4 Å². The molecule has 28 heavy (non-hydrogen) atoms. The molecule has 2 aromatic heterocycles. The predicted octanol–water partition coefficient (Wildman–Crippen LogP) is 1.97. The van der Waals surface area contributed by atoms with E-state index in [-0.39, 0.29) is 0 Å². The molecule has 4 rings (SSSR count). The number of nitrogens with one attached hydrogen (secondary N) is 1. The van der Waals surface area contributed by atoms with E-state index in [4.69, 9.17) is 0 Å². The average Bonchev–Trinajstić information content (AvgIpc) is 3.31. The zero-order valence-electron chi connectivity index (χ0n) is 16.6. The van der Waals surface area contributed by atoms with Gasteiger partial charge in [-0.1, -0.05) is 12.1 Å². The number of aromatic nitrogens is 2. The van der Waals surface area contributed by atoms with E-state index in [2.05, 4.69) is 53.2 Å². The molecule has 7 nitrogen and oxygen atoms in total. The smallest absolute Gasteiger partial charge is 0.194 e. The highest BCUT2D eigenvalue weighted by atomic mass is 15.4. The quantitative estimate of drug-likeness (QED) is 0.647. The maximum atomic E-state index is 4.64. The van der Waals surface area contributed by atoms with Crippen LogP contribution in [0, 0.1) is 0 Å². The van der Waals surface area contributed by atoms with Gasteiger partial charge < -0.3 is 20.0 Å². The summed E-state index contributed by atoms with van der Waals surface area (Å²) in [5, 5.41) is 3.49. The van der Waals surface area contributed by atoms with E-state index in [0.717, 1.165) is 63.4 Å². The summed E-state index contributed by atoms with van der Waals surface area (Å²) in [6.07, 6.45) is 6.38. The highest BCUT2D eigenvalue weighted by Gasteiger charge is 2.20. The number of piperazine rings is 1. The fraction of sp³-hybridized carbons (Fsp3) is 0.476. The van der Waals surface area contributed by atoms with Crippen LogP contribution in [0.4, 0.5) is 11.6 Å². The molecule has 0 unspecified atom stereocenters. The molecule has 2 saturated heterocycles. The molecule has 7 heteroatoms. The molecule has 0 aliphatic carbocycles. The maximum Gasteiger partial charge on any atom is 0.194 e. The van der Waals surface area contributed by atoms with Gasteiger partial charge in [-0.2, -0.15) is 0 Å². The van der Waals surface area contributed by atoms with Crippen LogP contribution in [0.25, 0.3) is 0 Å². The molecule has 0 spiro atoms. The normalized spacial score (nSPS) is 17.9. The van der Waals surface area contributed by atoms with Crippen molar-refractivity contribution in [1.82, 2.24) is 20.2 Å². The minimum Gasteiger partial charge on any atom is -0.357 e. The predicted molar refractivity (Wildman–Crippen MR) is 114 cm³/mol. The van der Waals surface area contributed by atoms with Gasteiger partial charge in [0.05, 0.1) is 0 Å². The fourth-order valence-electron chi connectivity index (χ4n) is 3.86. The Labute approximate surface area is 167 Å². The molecule has 148 valence electrons. The number of pyridine rings is 2. The maximum absolute atomic E-state index is 4.64. The largest absolute Gasteiger partial charge is 0.357 e. The van der Waals surface area contributed by atoms with Crippen molar-refractivity contribution in [2.24, 2.45) is 4.99 Å².